The number of hydrogen-bond acceptors (Lipinski definition) is 2. The molecule has 1 N–H and O–H groups in total. The average Bonchev–Trinajstić information content (AvgIpc) is 2.80. The molecule has 0 aliphatic heterocycles. The number of nitrogens with one attached hydrogen (secondary N) is 1. The van der Waals surface area contributed by atoms with Gasteiger partial charge in [0, 0.05) is 19.2 Å². The van der Waals surface area contributed by atoms with Crippen molar-refractivity contribution in [1.29, 1.82) is 0 Å². The maximum Gasteiger partial charge on any atom is 0.0590 e. The fourth-order valence-corrected chi connectivity index (χ4v) is 0.971. The molecule has 2 heteroatoms. The third-order valence-electron chi connectivity index (χ3n) is 1.90. The van der Waals surface area contributed by atoms with Gasteiger partial charge in [-0.2, -0.15) is 0 Å². The van der Waals surface area contributed by atoms with Crippen molar-refractivity contribution in [2.24, 2.45) is 0 Å². The quantitative estimate of drug-likeness (QED) is 0.566. The molecule has 1 saturated carbocycles. The van der Waals surface area contributed by atoms with Gasteiger partial charge in [-0.15, -0.1) is 0 Å². The summed E-state index contributed by atoms with van der Waals surface area (Å²) < 4.78 is 5.39. The van der Waals surface area contributed by atoms with Crippen molar-refractivity contribution in [3.63, 3.8) is 0 Å². The summed E-state index contributed by atoms with van der Waals surface area (Å²) in [5, 5.41) is 3.41. The fourth-order valence-electron chi connectivity index (χ4n) is 0.971. The van der Waals surface area contributed by atoms with Gasteiger partial charge in [0.05, 0.1) is 6.61 Å². The van der Waals surface area contributed by atoms with E-state index in [-0.39, 0.29) is 0 Å². The third-order valence-corrected chi connectivity index (χ3v) is 1.90. The molecule has 0 spiro atoms. The first-order chi connectivity index (χ1) is 5.43. The molecule has 0 saturated heterocycles. The van der Waals surface area contributed by atoms with E-state index in [9.17, 15) is 0 Å². The van der Waals surface area contributed by atoms with Gasteiger partial charge in [-0.3, -0.25) is 0 Å². The SMILES string of the molecule is CCCCOCCNC1CC1. The predicted octanol–water partition coefficient (Wildman–Crippen LogP) is 1.56. The van der Waals surface area contributed by atoms with Gasteiger partial charge >= 0.3 is 0 Å². The van der Waals surface area contributed by atoms with Crippen LogP contribution in [0.4, 0.5) is 0 Å². The highest BCUT2D eigenvalue weighted by Crippen LogP contribution is 2.17. The van der Waals surface area contributed by atoms with E-state index in [1.165, 1.54) is 25.7 Å². The van der Waals surface area contributed by atoms with Gasteiger partial charge in [-0.25, -0.2) is 0 Å². The Bertz CT molecular complexity index is 91.6. The van der Waals surface area contributed by atoms with Crippen molar-refractivity contribution in [3.8, 4) is 0 Å². The molecule has 0 aromatic heterocycles. The summed E-state index contributed by atoms with van der Waals surface area (Å²) in [5.74, 6) is 0. The monoisotopic (exact) mass is 157 g/mol. The number of ether oxygens (including phenoxy) is 1. The first kappa shape index (κ1) is 9.01. The summed E-state index contributed by atoms with van der Waals surface area (Å²) in [6.07, 6.45) is 5.17. The predicted molar refractivity (Wildman–Crippen MR) is 46.8 cm³/mol. The molecule has 2 nitrogen and oxygen atoms in total. The summed E-state index contributed by atoms with van der Waals surface area (Å²) in [7, 11) is 0. The van der Waals surface area contributed by atoms with Crippen LogP contribution >= 0.6 is 0 Å². The highest BCUT2D eigenvalue weighted by Gasteiger charge is 2.19. The molecule has 11 heavy (non-hydrogen) atoms. The van der Waals surface area contributed by atoms with Crippen LogP contribution in [-0.4, -0.2) is 25.8 Å². The van der Waals surface area contributed by atoms with Crippen molar-refractivity contribution < 1.29 is 4.74 Å². The van der Waals surface area contributed by atoms with Crippen LogP contribution in [0.1, 0.15) is 32.6 Å². The lowest BCUT2D eigenvalue weighted by molar-refractivity contribution is 0.133. The number of rotatable bonds is 7. The van der Waals surface area contributed by atoms with Crippen molar-refractivity contribution in [2.45, 2.75) is 38.6 Å². The van der Waals surface area contributed by atoms with Crippen LogP contribution in [0.3, 0.4) is 0 Å². The van der Waals surface area contributed by atoms with Crippen molar-refractivity contribution in [3.05, 3.63) is 0 Å². The zero-order valence-electron chi connectivity index (χ0n) is 7.44. The Hall–Kier alpha value is -0.0800. The second-order valence-corrected chi connectivity index (χ2v) is 3.19. The Labute approximate surface area is 69.3 Å². The minimum absolute atomic E-state index is 0.824. The van der Waals surface area contributed by atoms with E-state index in [0.29, 0.717) is 0 Å². The number of unbranched alkanes of at least 4 members (excludes halogenated alkanes) is 1. The summed E-state index contributed by atoms with van der Waals surface area (Å²) in [4.78, 5) is 0. The second kappa shape index (κ2) is 5.56. The van der Waals surface area contributed by atoms with Gasteiger partial charge in [-0.05, 0) is 19.3 Å². The Morgan fingerprint density at radius 2 is 2.18 bits per heavy atom. The smallest absolute Gasteiger partial charge is 0.0590 e. The Morgan fingerprint density at radius 3 is 2.82 bits per heavy atom. The van der Waals surface area contributed by atoms with Crippen LogP contribution in [0.2, 0.25) is 0 Å². The van der Waals surface area contributed by atoms with Crippen molar-refractivity contribution in [2.75, 3.05) is 19.8 Å². The van der Waals surface area contributed by atoms with E-state index in [1.54, 1.807) is 0 Å². The summed E-state index contributed by atoms with van der Waals surface area (Å²) in [6, 6.07) is 0.824. The van der Waals surface area contributed by atoms with E-state index < -0.39 is 0 Å². The van der Waals surface area contributed by atoms with Gasteiger partial charge in [0.2, 0.25) is 0 Å². The van der Waals surface area contributed by atoms with Crippen molar-refractivity contribution in [1.82, 2.24) is 5.32 Å². The molecule has 0 unspecified atom stereocenters. The van der Waals surface area contributed by atoms with Gasteiger partial charge < -0.3 is 10.1 Å². The highest BCUT2D eigenvalue weighted by molar-refractivity contribution is 4.80. The van der Waals surface area contributed by atoms with E-state index in [4.69, 9.17) is 4.74 Å². The Morgan fingerprint density at radius 1 is 1.36 bits per heavy atom. The van der Waals surface area contributed by atoms with Crippen LogP contribution in [0.5, 0.6) is 0 Å². The lowest BCUT2D eigenvalue weighted by atomic mass is 10.4. The normalized spacial score (nSPS) is 17.2. The third kappa shape index (κ3) is 5.22. The van der Waals surface area contributed by atoms with Crippen LogP contribution in [0.25, 0.3) is 0 Å². The number of hydrogen-bond donors (Lipinski definition) is 1. The first-order valence-corrected chi connectivity index (χ1v) is 4.74. The van der Waals surface area contributed by atoms with E-state index in [1.807, 2.05) is 0 Å². The zero-order chi connectivity index (χ0) is 7.94. The molecule has 0 aromatic rings. The molecule has 1 aliphatic rings. The molecule has 1 aliphatic carbocycles. The molecular weight excluding hydrogens is 138 g/mol. The molecule has 0 bridgehead atoms. The molecule has 66 valence electrons. The van der Waals surface area contributed by atoms with Gasteiger partial charge in [-0.1, -0.05) is 13.3 Å². The lowest BCUT2D eigenvalue weighted by Gasteiger charge is -2.03. The largest absolute Gasteiger partial charge is 0.380 e. The molecule has 1 rings (SSSR count). The fraction of sp³-hybridized carbons (Fsp3) is 1.00. The summed E-state index contributed by atoms with van der Waals surface area (Å²) >= 11 is 0. The van der Waals surface area contributed by atoms with Gasteiger partial charge in [0.15, 0.2) is 0 Å². The van der Waals surface area contributed by atoms with E-state index >= 15 is 0 Å². The first-order valence-electron chi connectivity index (χ1n) is 4.74. The van der Waals surface area contributed by atoms with Crippen molar-refractivity contribution >= 4 is 0 Å². The average molecular weight is 157 g/mol. The van der Waals surface area contributed by atoms with Crippen LogP contribution in [0, 0.1) is 0 Å². The molecule has 1 fully saturated rings. The van der Waals surface area contributed by atoms with Gasteiger partial charge in [0.1, 0.15) is 0 Å². The molecule has 0 heterocycles. The summed E-state index contributed by atoms with van der Waals surface area (Å²) in [5.41, 5.74) is 0. The molecule has 0 atom stereocenters. The maximum absolute atomic E-state index is 5.39. The summed E-state index contributed by atoms with van der Waals surface area (Å²) in [6.45, 7) is 5.04. The topological polar surface area (TPSA) is 21.3 Å². The van der Waals surface area contributed by atoms with Gasteiger partial charge in [0.25, 0.3) is 0 Å². The van der Waals surface area contributed by atoms with Crippen LogP contribution < -0.4 is 5.32 Å². The molecule has 0 amide bonds. The van der Waals surface area contributed by atoms with Crippen LogP contribution in [-0.2, 0) is 4.74 Å². The molecule has 0 aromatic carbocycles. The zero-order valence-corrected chi connectivity index (χ0v) is 7.44. The highest BCUT2D eigenvalue weighted by atomic mass is 16.5. The Kier molecular flexibility index (Phi) is 4.55. The second-order valence-electron chi connectivity index (χ2n) is 3.19. The molecular formula is C9H19NO. The van der Waals surface area contributed by atoms with Crippen LogP contribution in [0.15, 0.2) is 0 Å². The lowest BCUT2D eigenvalue weighted by Crippen LogP contribution is -2.21. The standard InChI is InChI=1S/C9H19NO/c1-2-3-7-11-8-6-10-9-4-5-9/h9-10H,2-8H2,1H3. The minimum Gasteiger partial charge on any atom is -0.380 e. The minimum atomic E-state index is 0.824. The van der Waals surface area contributed by atoms with E-state index in [2.05, 4.69) is 12.2 Å². The Balaban J connectivity index is 1.66. The maximum atomic E-state index is 5.39. The van der Waals surface area contributed by atoms with E-state index in [0.717, 1.165) is 25.8 Å². The molecule has 0 radical (unpaired) electrons.